The van der Waals surface area contributed by atoms with Gasteiger partial charge < -0.3 is 14.4 Å². The molecular formula is C26H39NO3. The average Bonchev–Trinajstić information content (AvgIpc) is 2.67. The van der Waals surface area contributed by atoms with Gasteiger partial charge in [0.2, 0.25) is 0 Å². The first kappa shape index (κ1) is 22.7. The first-order valence-electron chi connectivity index (χ1n) is 11.5. The first-order valence-corrected chi connectivity index (χ1v) is 11.5. The lowest BCUT2D eigenvalue weighted by molar-refractivity contribution is 0.0270. The van der Waals surface area contributed by atoms with E-state index in [0.29, 0.717) is 24.6 Å². The van der Waals surface area contributed by atoms with E-state index in [-0.39, 0.29) is 6.09 Å². The molecule has 0 radical (unpaired) electrons. The highest BCUT2D eigenvalue weighted by Gasteiger charge is 2.30. The Kier molecular flexibility index (Phi) is 6.84. The van der Waals surface area contributed by atoms with Crippen LogP contribution < -0.4 is 4.74 Å². The lowest BCUT2D eigenvalue weighted by Gasteiger charge is -2.37. The number of amides is 1. The monoisotopic (exact) mass is 413 g/mol. The number of hydrogen-bond acceptors (Lipinski definition) is 3. The Bertz CT molecular complexity index is 744. The van der Waals surface area contributed by atoms with Crippen molar-refractivity contribution in [1.29, 1.82) is 0 Å². The lowest BCUT2D eigenvalue weighted by Crippen LogP contribution is -2.39. The summed E-state index contributed by atoms with van der Waals surface area (Å²) in [4.78, 5) is 14.0. The zero-order valence-corrected chi connectivity index (χ0v) is 19.7. The predicted octanol–water partition coefficient (Wildman–Crippen LogP) is 6.69. The van der Waals surface area contributed by atoms with Crippen molar-refractivity contribution < 1.29 is 14.3 Å². The van der Waals surface area contributed by atoms with Gasteiger partial charge in [-0.3, -0.25) is 0 Å². The van der Waals surface area contributed by atoms with Crippen LogP contribution in [0, 0.1) is 11.3 Å². The van der Waals surface area contributed by atoms with Crippen LogP contribution in [-0.2, 0) is 4.74 Å². The van der Waals surface area contributed by atoms with Crippen LogP contribution in [0.4, 0.5) is 4.79 Å². The fourth-order valence-corrected chi connectivity index (χ4v) is 4.41. The number of rotatable bonds is 3. The summed E-state index contributed by atoms with van der Waals surface area (Å²) in [5, 5.41) is 0. The highest BCUT2D eigenvalue weighted by Crippen LogP contribution is 2.38. The molecule has 0 saturated heterocycles. The van der Waals surface area contributed by atoms with Gasteiger partial charge in [-0.2, -0.15) is 0 Å². The van der Waals surface area contributed by atoms with Crippen molar-refractivity contribution in [1.82, 2.24) is 4.90 Å². The van der Waals surface area contributed by atoms with Gasteiger partial charge in [-0.15, -0.1) is 0 Å². The Labute approximate surface area is 182 Å². The molecule has 1 amide bonds. The van der Waals surface area contributed by atoms with Crippen molar-refractivity contribution in [2.45, 2.75) is 85.4 Å². The maximum Gasteiger partial charge on any atom is 0.410 e. The molecule has 1 saturated carbocycles. The van der Waals surface area contributed by atoms with Crippen molar-refractivity contribution in [3.05, 3.63) is 35.9 Å². The van der Waals surface area contributed by atoms with Crippen LogP contribution in [-0.4, -0.2) is 35.8 Å². The molecule has 1 aromatic rings. The quantitative estimate of drug-likeness (QED) is 0.554. The molecule has 4 heteroatoms. The second-order valence-electron chi connectivity index (χ2n) is 10.9. The minimum atomic E-state index is -0.455. The van der Waals surface area contributed by atoms with Gasteiger partial charge in [0.15, 0.2) is 0 Å². The van der Waals surface area contributed by atoms with Crippen LogP contribution in [0.1, 0.15) is 79.2 Å². The molecule has 3 rings (SSSR count). The van der Waals surface area contributed by atoms with Gasteiger partial charge in [0.25, 0.3) is 0 Å². The minimum absolute atomic E-state index is 0.234. The second-order valence-corrected chi connectivity index (χ2v) is 10.9. The number of carbonyl (C=O) groups is 1. The summed E-state index contributed by atoms with van der Waals surface area (Å²) in [6.07, 6.45) is 7.90. The SMILES string of the molecule is CC(C)(C)OC(=O)N1CC=C(c2ccc(OC3CCC(C(C)(C)C)CC3)cc2)CC1. The van der Waals surface area contributed by atoms with E-state index in [1.807, 2.05) is 20.8 Å². The molecule has 166 valence electrons. The normalized spacial score (nSPS) is 23.0. The van der Waals surface area contributed by atoms with E-state index in [2.05, 4.69) is 51.1 Å². The van der Waals surface area contributed by atoms with Crippen LogP contribution in [0.2, 0.25) is 0 Å². The number of ether oxygens (including phenoxy) is 2. The van der Waals surface area contributed by atoms with Gasteiger partial charge in [-0.1, -0.05) is 39.0 Å². The summed E-state index contributed by atoms with van der Waals surface area (Å²) in [6.45, 7) is 14.0. The van der Waals surface area contributed by atoms with E-state index in [9.17, 15) is 4.79 Å². The minimum Gasteiger partial charge on any atom is -0.490 e. The van der Waals surface area contributed by atoms with Crippen molar-refractivity contribution in [3.63, 3.8) is 0 Å². The highest BCUT2D eigenvalue weighted by molar-refractivity contribution is 5.72. The van der Waals surface area contributed by atoms with E-state index in [1.54, 1.807) is 4.90 Å². The number of hydrogen-bond donors (Lipinski definition) is 0. The lowest BCUT2D eigenvalue weighted by atomic mass is 9.72. The number of nitrogens with zero attached hydrogens (tertiary/aromatic N) is 1. The molecule has 0 spiro atoms. The van der Waals surface area contributed by atoms with Gasteiger partial charge in [-0.05, 0) is 87.5 Å². The third-order valence-electron chi connectivity index (χ3n) is 6.29. The van der Waals surface area contributed by atoms with Gasteiger partial charge in [-0.25, -0.2) is 4.79 Å². The molecule has 1 fully saturated rings. The molecule has 1 aliphatic heterocycles. The van der Waals surface area contributed by atoms with Crippen molar-refractivity contribution in [3.8, 4) is 5.75 Å². The largest absolute Gasteiger partial charge is 0.490 e. The van der Waals surface area contributed by atoms with Gasteiger partial charge in [0.05, 0.1) is 6.10 Å². The molecule has 2 aliphatic rings. The Morgan fingerprint density at radius 3 is 2.10 bits per heavy atom. The van der Waals surface area contributed by atoms with Gasteiger partial charge in [0, 0.05) is 13.1 Å². The Morgan fingerprint density at radius 1 is 0.967 bits per heavy atom. The third-order valence-corrected chi connectivity index (χ3v) is 6.29. The third kappa shape index (κ3) is 6.26. The van der Waals surface area contributed by atoms with Crippen molar-refractivity contribution in [2.75, 3.05) is 13.1 Å². The predicted molar refractivity (Wildman–Crippen MR) is 123 cm³/mol. The molecule has 1 aliphatic carbocycles. The fourth-order valence-electron chi connectivity index (χ4n) is 4.41. The summed E-state index contributed by atoms with van der Waals surface area (Å²) in [7, 11) is 0. The Morgan fingerprint density at radius 2 is 1.60 bits per heavy atom. The van der Waals surface area contributed by atoms with Crippen molar-refractivity contribution in [2.24, 2.45) is 11.3 Å². The standard InChI is InChI=1S/C26H39NO3/c1-25(2,3)21-9-13-23(14-10-21)29-22-11-7-19(8-12-22)20-15-17-27(18-16-20)24(28)30-26(4,5)6/h7-8,11-12,15,21,23H,9-10,13-14,16-18H2,1-6H3. The summed E-state index contributed by atoms with van der Waals surface area (Å²) >= 11 is 0. The number of carbonyl (C=O) groups excluding carboxylic acids is 1. The number of benzene rings is 1. The molecule has 0 N–H and O–H groups in total. The first-order chi connectivity index (χ1) is 14.0. The van der Waals surface area contributed by atoms with E-state index < -0.39 is 5.60 Å². The summed E-state index contributed by atoms with van der Waals surface area (Å²) in [6, 6.07) is 8.47. The van der Waals surface area contributed by atoms with E-state index in [4.69, 9.17) is 9.47 Å². The van der Waals surface area contributed by atoms with Crippen LogP contribution in [0.15, 0.2) is 30.3 Å². The highest BCUT2D eigenvalue weighted by atomic mass is 16.6. The molecular weight excluding hydrogens is 374 g/mol. The summed E-state index contributed by atoms with van der Waals surface area (Å²) in [5.74, 6) is 1.77. The topological polar surface area (TPSA) is 38.8 Å². The Hall–Kier alpha value is -1.97. The molecule has 0 unspecified atom stereocenters. The molecule has 4 nitrogen and oxygen atoms in total. The summed E-state index contributed by atoms with van der Waals surface area (Å²) in [5.41, 5.74) is 2.44. The maximum absolute atomic E-state index is 12.2. The zero-order valence-electron chi connectivity index (χ0n) is 19.7. The molecule has 0 bridgehead atoms. The van der Waals surface area contributed by atoms with E-state index in [1.165, 1.54) is 24.0 Å². The van der Waals surface area contributed by atoms with E-state index in [0.717, 1.165) is 30.9 Å². The smallest absolute Gasteiger partial charge is 0.410 e. The molecule has 1 aromatic carbocycles. The van der Waals surface area contributed by atoms with Crippen LogP contribution in [0.3, 0.4) is 0 Å². The molecule has 1 heterocycles. The van der Waals surface area contributed by atoms with Gasteiger partial charge >= 0.3 is 6.09 Å². The van der Waals surface area contributed by atoms with Crippen molar-refractivity contribution >= 4 is 11.7 Å². The molecule has 30 heavy (non-hydrogen) atoms. The Balaban J connectivity index is 1.51. The second kappa shape index (κ2) is 9.03. The van der Waals surface area contributed by atoms with Gasteiger partial charge in [0.1, 0.15) is 11.4 Å². The zero-order chi connectivity index (χ0) is 21.9. The van der Waals surface area contributed by atoms with Crippen LogP contribution in [0.5, 0.6) is 5.75 Å². The average molecular weight is 414 g/mol. The van der Waals surface area contributed by atoms with Crippen LogP contribution in [0.25, 0.3) is 5.57 Å². The van der Waals surface area contributed by atoms with Crippen LogP contribution >= 0.6 is 0 Å². The van der Waals surface area contributed by atoms with E-state index >= 15 is 0 Å². The summed E-state index contributed by atoms with van der Waals surface area (Å²) < 4.78 is 11.7. The fraction of sp³-hybridized carbons (Fsp3) is 0.654. The maximum atomic E-state index is 12.2. The molecule has 0 atom stereocenters. The molecule has 0 aromatic heterocycles.